The molecule has 1 aromatic rings. The highest BCUT2D eigenvalue weighted by molar-refractivity contribution is 5.48. The first-order valence-electron chi connectivity index (χ1n) is 7.72. The van der Waals surface area contributed by atoms with E-state index in [0.717, 1.165) is 17.7 Å². The highest BCUT2D eigenvalue weighted by Gasteiger charge is 2.29. The molecule has 0 spiro atoms. The second-order valence-electron chi connectivity index (χ2n) is 5.87. The van der Waals surface area contributed by atoms with Crippen LogP contribution in [0.2, 0.25) is 0 Å². The van der Waals surface area contributed by atoms with Gasteiger partial charge < -0.3 is 14.6 Å². The van der Waals surface area contributed by atoms with Gasteiger partial charge in [0.2, 0.25) is 0 Å². The Morgan fingerprint density at radius 2 is 1.91 bits per heavy atom. The molecule has 0 radical (unpaired) electrons. The fourth-order valence-corrected chi connectivity index (χ4v) is 1.89. The van der Waals surface area contributed by atoms with Crippen LogP contribution in [0, 0.1) is 5.41 Å². The molecule has 0 aromatic heterocycles. The summed E-state index contributed by atoms with van der Waals surface area (Å²) in [4.78, 5) is 0. The minimum Gasteiger partial charge on any atom is -0.493 e. The van der Waals surface area contributed by atoms with Gasteiger partial charge in [-0.3, -0.25) is 0 Å². The Labute approximate surface area is 134 Å². The van der Waals surface area contributed by atoms with Crippen molar-refractivity contribution >= 4 is 6.08 Å². The van der Waals surface area contributed by atoms with Crippen molar-refractivity contribution < 1.29 is 14.6 Å². The molecule has 1 aromatic carbocycles. The van der Waals surface area contributed by atoms with Crippen LogP contribution in [0.4, 0.5) is 0 Å². The Morgan fingerprint density at radius 1 is 1.23 bits per heavy atom. The third kappa shape index (κ3) is 6.04. The number of aliphatic hydroxyl groups excluding tert-OH is 1. The van der Waals surface area contributed by atoms with Crippen LogP contribution in [0.3, 0.4) is 0 Å². The van der Waals surface area contributed by atoms with Crippen LogP contribution >= 0.6 is 0 Å². The summed E-state index contributed by atoms with van der Waals surface area (Å²) in [6.45, 7) is 11.4. The number of ether oxygens (including phenoxy) is 2. The second-order valence-corrected chi connectivity index (χ2v) is 5.87. The summed E-state index contributed by atoms with van der Waals surface area (Å²) in [5.41, 5.74) is 1.91. The lowest BCUT2D eigenvalue weighted by Crippen LogP contribution is -2.37. The van der Waals surface area contributed by atoms with Crippen LogP contribution in [0.1, 0.15) is 32.8 Å². The smallest absolute Gasteiger partial charge is 0.119 e. The number of benzene rings is 1. The minimum absolute atomic E-state index is 0.0447. The molecule has 1 unspecified atom stereocenters. The predicted molar refractivity (Wildman–Crippen MR) is 92.1 cm³/mol. The molecule has 1 N–H and O–H groups in total. The van der Waals surface area contributed by atoms with Gasteiger partial charge in [-0.25, -0.2) is 0 Å². The van der Waals surface area contributed by atoms with Gasteiger partial charge in [0.05, 0.1) is 31.8 Å². The third-order valence-corrected chi connectivity index (χ3v) is 3.76. The van der Waals surface area contributed by atoms with Crippen molar-refractivity contribution in [3.63, 3.8) is 0 Å². The molecule has 0 amide bonds. The molecule has 0 fully saturated rings. The normalized spacial score (nSPS) is 13.3. The van der Waals surface area contributed by atoms with E-state index in [0.29, 0.717) is 19.8 Å². The molecule has 0 heterocycles. The predicted octanol–water partition coefficient (Wildman–Crippen LogP) is 4.08. The molecular weight excluding hydrogens is 276 g/mol. The molecule has 0 bridgehead atoms. The first-order valence-corrected chi connectivity index (χ1v) is 7.72. The van der Waals surface area contributed by atoms with E-state index in [1.165, 1.54) is 5.57 Å². The maximum atomic E-state index is 9.76. The topological polar surface area (TPSA) is 38.7 Å². The average Bonchev–Trinajstić information content (AvgIpc) is 2.55. The third-order valence-electron chi connectivity index (χ3n) is 3.76. The Morgan fingerprint density at radius 3 is 2.41 bits per heavy atom. The molecule has 0 aliphatic heterocycles. The molecule has 22 heavy (non-hydrogen) atoms. The van der Waals surface area contributed by atoms with Crippen LogP contribution in [0.25, 0.3) is 6.08 Å². The summed E-state index contributed by atoms with van der Waals surface area (Å²) < 4.78 is 11.5. The Bertz CT molecular complexity index is 466. The summed E-state index contributed by atoms with van der Waals surface area (Å²) in [7, 11) is 0. The SMILES string of the molecule is C=Cc1ccc(OCC(CC)(CO)COCC=C(C)C)cc1. The van der Waals surface area contributed by atoms with E-state index >= 15 is 0 Å². The van der Waals surface area contributed by atoms with E-state index in [9.17, 15) is 5.11 Å². The quantitative estimate of drug-likeness (QED) is 0.523. The van der Waals surface area contributed by atoms with E-state index in [4.69, 9.17) is 9.47 Å². The van der Waals surface area contributed by atoms with Crippen molar-refractivity contribution in [3.05, 3.63) is 48.1 Å². The lowest BCUT2D eigenvalue weighted by atomic mass is 9.88. The monoisotopic (exact) mass is 304 g/mol. The number of hydrogen-bond acceptors (Lipinski definition) is 3. The second kappa shape index (κ2) is 9.44. The summed E-state index contributed by atoms with van der Waals surface area (Å²) in [5.74, 6) is 0.793. The fraction of sp³-hybridized carbons (Fsp3) is 0.474. The van der Waals surface area contributed by atoms with Crippen LogP contribution in [0.5, 0.6) is 5.75 Å². The van der Waals surface area contributed by atoms with Gasteiger partial charge in [-0.05, 0) is 38.0 Å². The van der Waals surface area contributed by atoms with Gasteiger partial charge in [-0.2, -0.15) is 0 Å². The molecule has 3 heteroatoms. The molecule has 122 valence electrons. The zero-order valence-corrected chi connectivity index (χ0v) is 14.0. The van der Waals surface area contributed by atoms with Crippen LogP contribution < -0.4 is 4.74 Å². The van der Waals surface area contributed by atoms with Gasteiger partial charge >= 0.3 is 0 Å². The van der Waals surface area contributed by atoms with Crippen molar-refractivity contribution in [2.75, 3.05) is 26.4 Å². The van der Waals surface area contributed by atoms with Crippen molar-refractivity contribution in [3.8, 4) is 5.75 Å². The standard InChI is InChI=1S/C19H28O3/c1-5-17-7-9-18(10-8-17)22-15-19(6-2,13-20)14-21-12-11-16(3)4/h5,7-11,20H,1,6,12-15H2,2-4H3. The van der Waals surface area contributed by atoms with Gasteiger partial charge in [0.15, 0.2) is 0 Å². The summed E-state index contributed by atoms with van der Waals surface area (Å²) in [6, 6.07) is 7.75. The van der Waals surface area contributed by atoms with Gasteiger partial charge in [0.1, 0.15) is 5.75 Å². The first-order chi connectivity index (χ1) is 10.5. The van der Waals surface area contributed by atoms with Gasteiger partial charge in [-0.15, -0.1) is 0 Å². The van der Waals surface area contributed by atoms with E-state index in [1.807, 2.05) is 51.1 Å². The lowest BCUT2D eigenvalue weighted by Gasteiger charge is -2.30. The molecular formula is C19H28O3. The zero-order valence-electron chi connectivity index (χ0n) is 14.0. The van der Waals surface area contributed by atoms with Crippen molar-refractivity contribution in [1.29, 1.82) is 0 Å². The largest absolute Gasteiger partial charge is 0.493 e. The molecule has 0 saturated heterocycles. The first kappa shape index (κ1) is 18.5. The lowest BCUT2D eigenvalue weighted by molar-refractivity contribution is -0.0161. The number of rotatable bonds is 10. The van der Waals surface area contributed by atoms with Crippen molar-refractivity contribution in [2.45, 2.75) is 27.2 Å². The zero-order chi connectivity index (χ0) is 16.4. The van der Waals surface area contributed by atoms with E-state index in [1.54, 1.807) is 6.08 Å². The number of allylic oxidation sites excluding steroid dienone is 1. The highest BCUT2D eigenvalue weighted by Crippen LogP contribution is 2.24. The summed E-state index contributed by atoms with van der Waals surface area (Å²) in [6.07, 6.45) is 4.63. The molecule has 0 aliphatic carbocycles. The van der Waals surface area contributed by atoms with Crippen molar-refractivity contribution in [1.82, 2.24) is 0 Å². The number of aliphatic hydroxyl groups is 1. The number of hydrogen-bond donors (Lipinski definition) is 1. The Hall–Kier alpha value is -1.58. The average molecular weight is 304 g/mol. The van der Waals surface area contributed by atoms with E-state index < -0.39 is 0 Å². The van der Waals surface area contributed by atoms with Crippen LogP contribution in [0.15, 0.2) is 42.5 Å². The van der Waals surface area contributed by atoms with Crippen LogP contribution in [-0.2, 0) is 4.74 Å². The van der Waals surface area contributed by atoms with E-state index in [-0.39, 0.29) is 12.0 Å². The molecule has 1 atom stereocenters. The van der Waals surface area contributed by atoms with Gasteiger partial charge in [0, 0.05) is 0 Å². The Kier molecular flexibility index (Phi) is 7.92. The maximum absolute atomic E-state index is 9.76. The molecule has 0 aliphatic rings. The van der Waals surface area contributed by atoms with E-state index in [2.05, 4.69) is 6.58 Å². The molecule has 0 saturated carbocycles. The summed E-state index contributed by atoms with van der Waals surface area (Å²) in [5, 5.41) is 9.76. The molecule has 1 rings (SSSR count). The molecule has 3 nitrogen and oxygen atoms in total. The van der Waals surface area contributed by atoms with Crippen molar-refractivity contribution in [2.24, 2.45) is 5.41 Å². The fourth-order valence-electron chi connectivity index (χ4n) is 1.89. The Balaban J connectivity index is 2.57. The van der Waals surface area contributed by atoms with Gasteiger partial charge in [0.25, 0.3) is 0 Å². The maximum Gasteiger partial charge on any atom is 0.119 e. The van der Waals surface area contributed by atoms with Crippen LogP contribution in [-0.4, -0.2) is 31.5 Å². The highest BCUT2D eigenvalue weighted by atomic mass is 16.5. The van der Waals surface area contributed by atoms with Gasteiger partial charge in [-0.1, -0.05) is 43.4 Å². The summed E-state index contributed by atoms with van der Waals surface area (Å²) >= 11 is 0. The minimum atomic E-state index is -0.368.